The highest BCUT2D eigenvalue weighted by Gasteiger charge is 2.45. The van der Waals surface area contributed by atoms with Gasteiger partial charge in [-0.1, -0.05) is 0 Å². The fraction of sp³-hybridized carbons (Fsp3) is 1.00. The Kier molecular flexibility index (Phi) is 2.57. The molecular formula is C9H18N2O2S. The molecule has 3 fully saturated rings. The summed E-state index contributed by atoms with van der Waals surface area (Å²) in [4.78, 5) is 0. The van der Waals surface area contributed by atoms with Crippen molar-refractivity contribution in [1.29, 1.82) is 0 Å². The molecule has 4 nitrogen and oxygen atoms in total. The first kappa shape index (κ1) is 10.4. The molecule has 1 aliphatic carbocycles. The molecule has 0 aromatic rings. The summed E-state index contributed by atoms with van der Waals surface area (Å²) >= 11 is 0. The molecule has 2 aliphatic heterocycles. The van der Waals surface area contributed by atoms with Crippen LogP contribution in [0, 0.1) is 11.8 Å². The van der Waals surface area contributed by atoms with E-state index in [-0.39, 0.29) is 11.3 Å². The number of rotatable bonds is 3. The van der Waals surface area contributed by atoms with E-state index < -0.39 is 10.0 Å². The van der Waals surface area contributed by atoms with E-state index in [0.29, 0.717) is 11.8 Å². The predicted octanol–water partition coefficient (Wildman–Crippen LogP) is -0.0779. The zero-order valence-electron chi connectivity index (χ0n) is 8.66. The van der Waals surface area contributed by atoms with E-state index in [1.54, 1.807) is 13.8 Å². The van der Waals surface area contributed by atoms with Crippen molar-refractivity contribution in [3.05, 3.63) is 0 Å². The Morgan fingerprint density at radius 1 is 1.29 bits per heavy atom. The molecule has 0 aromatic carbocycles. The number of sulfonamides is 1. The maximum Gasteiger partial charge on any atom is 0.214 e. The van der Waals surface area contributed by atoms with E-state index in [1.165, 1.54) is 6.42 Å². The van der Waals surface area contributed by atoms with Gasteiger partial charge in [-0.15, -0.1) is 0 Å². The summed E-state index contributed by atoms with van der Waals surface area (Å²) in [5, 5.41) is 2.97. The molecule has 82 valence electrons. The molecule has 0 amide bonds. The predicted molar refractivity (Wildman–Crippen MR) is 55.4 cm³/mol. The molecule has 0 aromatic heterocycles. The van der Waals surface area contributed by atoms with Crippen LogP contribution in [0.2, 0.25) is 0 Å². The normalized spacial score (nSPS) is 36.9. The van der Waals surface area contributed by atoms with E-state index in [9.17, 15) is 8.42 Å². The standard InChI is InChI=1S/C9H18N2O2S/c1-6(2)14(12,13)11-9-7-3-8(9)5-10-4-7/h6-11H,3-5H2,1-2H3. The Hall–Kier alpha value is -0.130. The van der Waals surface area contributed by atoms with Crippen molar-refractivity contribution in [1.82, 2.24) is 10.0 Å². The smallest absolute Gasteiger partial charge is 0.214 e. The van der Waals surface area contributed by atoms with Crippen molar-refractivity contribution in [3.8, 4) is 0 Å². The van der Waals surface area contributed by atoms with Gasteiger partial charge in [-0.3, -0.25) is 0 Å². The van der Waals surface area contributed by atoms with Gasteiger partial charge >= 0.3 is 0 Å². The van der Waals surface area contributed by atoms with Crippen molar-refractivity contribution < 1.29 is 8.42 Å². The summed E-state index contributed by atoms with van der Waals surface area (Å²) in [5.74, 6) is 1.03. The Morgan fingerprint density at radius 3 is 2.29 bits per heavy atom. The Morgan fingerprint density at radius 2 is 1.86 bits per heavy atom. The zero-order chi connectivity index (χ0) is 10.3. The van der Waals surface area contributed by atoms with Gasteiger partial charge < -0.3 is 5.32 Å². The number of hydrogen-bond donors (Lipinski definition) is 2. The molecule has 0 radical (unpaired) electrons. The molecular weight excluding hydrogens is 200 g/mol. The first-order chi connectivity index (χ1) is 6.50. The van der Waals surface area contributed by atoms with Gasteiger partial charge in [0.1, 0.15) is 0 Å². The van der Waals surface area contributed by atoms with Crippen LogP contribution in [-0.4, -0.2) is 32.8 Å². The molecule has 3 aliphatic rings. The molecule has 2 saturated heterocycles. The highest BCUT2D eigenvalue weighted by molar-refractivity contribution is 7.90. The van der Waals surface area contributed by atoms with E-state index in [2.05, 4.69) is 10.0 Å². The summed E-state index contributed by atoms with van der Waals surface area (Å²) < 4.78 is 26.1. The summed E-state index contributed by atoms with van der Waals surface area (Å²) in [6.45, 7) is 5.35. The van der Waals surface area contributed by atoms with Gasteiger partial charge in [0.15, 0.2) is 0 Å². The maximum atomic E-state index is 11.6. The average Bonchev–Trinajstić information content (AvgIpc) is 2.15. The molecule has 1 saturated carbocycles. The molecule has 14 heavy (non-hydrogen) atoms. The minimum absolute atomic E-state index is 0.198. The summed E-state index contributed by atoms with van der Waals surface area (Å²) in [7, 11) is -3.08. The lowest BCUT2D eigenvalue weighted by atomic mass is 9.67. The summed E-state index contributed by atoms with van der Waals surface area (Å²) in [6.07, 6.45) is 1.18. The molecule has 2 N–H and O–H groups in total. The van der Waals surface area contributed by atoms with E-state index in [1.807, 2.05) is 0 Å². The molecule has 2 atom stereocenters. The highest BCUT2D eigenvalue weighted by Crippen LogP contribution is 2.37. The van der Waals surface area contributed by atoms with Crippen molar-refractivity contribution in [2.75, 3.05) is 13.1 Å². The van der Waals surface area contributed by atoms with Crippen LogP contribution in [0.5, 0.6) is 0 Å². The number of piperidine rings is 2. The molecule has 3 rings (SSSR count). The monoisotopic (exact) mass is 218 g/mol. The van der Waals surface area contributed by atoms with Gasteiger partial charge in [-0.25, -0.2) is 13.1 Å². The Bertz CT molecular complexity index is 299. The first-order valence-corrected chi connectivity index (χ1v) is 6.77. The van der Waals surface area contributed by atoms with Gasteiger partial charge in [-0.05, 0) is 45.2 Å². The van der Waals surface area contributed by atoms with E-state index >= 15 is 0 Å². The summed E-state index contributed by atoms with van der Waals surface area (Å²) in [6, 6.07) is 0.198. The minimum Gasteiger partial charge on any atom is -0.316 e. The summed E-state index contributed by atoms with van der Waals surface area (Å²) in [5.41, 5.74) is 0. The molecule has 2 bridgehead atoms. The van der Waals surface area contributed by atoms with E-state index in [0.717, 1.165) is 13.1 Å². The first-order valence-electron chi connectivity index (χ1n) is 5.22. The second kappa shape index (κ2) is 3.47. The molecule has 2 unspecified atom stereocenters. The highest BCUT2D eigenvalue weighted by atomic mass is 32.2. The maximum absolute atomic E-state index is 11.6. The second-order valence-electron chi connectivity index (χ2n) is 4.65. The molecule has 5 heteroatoms. The van der Waals surface area contributed by atoms with Crippen molar-refractivity contribution >= 4 is 10.0 Å². The number of fused-ring (bicyclic) bond motifs is 2. The van der Waals surface area contributed by atoms with Crippen LogP contribution in [0.15, 0.2) is 0 Å². The van der Waals surface area contributed by atoms with E-state index in [4.69, 9.17) is 0 Å². The third kappa shape index (κ3) is 1.68. The zero-order valence-corrected chi connectivity index (χ0v) is 9.47. The lowest BCUT2D eigenvalue weighted by Gasteiger charge is -2.49. The fourth-order valence-electron chi connectivity index (χ4n) is 2.26. The van der Waals surface area contributed by atoms with Crippen LogP contribution in [0.4, 0.5) is 0 Å². The average molecular weight is 218 g/mol. The molecule has 2 heterocycles. The Labute approximate surface area is 85.5 Å². The van der Waals surface area contributed by atoms with Crippen LogP contribution in [0.25, 0.3) is 0 Å². The third-order valence-corrected chi connectivity index (χ3v) is 5.20. The van der Waals surface area contributed by atoms with Gasteiger partial charge in [-0.2, -0.15) is 0 Å². The third-order valence-electron chi connectivity index (χ3n) is 3.36. The second-order valence-corrected chi connectivity index (χ2v) is 6.92. The topological polar surface area (TPSA) is 58.2 Å². The van der Waals surface area contributed by atoms with Crippen LogP contribution in [0.1, 0.15) is 20.3 Å². The fourth-order valence-corrected chi connectivity index (χ4v) is 3.30. The number of nitrogens with one attached hydrogen (secondary N) is 2. The van der Waals surface area contributed by atoms with Crippen molar-refractivity contribution in [2.45, 2.75) is 31.6 Å². The van der Waals surface area contributed by atoms with Gasteiger partial charge in [0, 0.05) is 6.04 Å². The quantitative estimate of drug-likeness (QED) is 0.697. The molecule has 0 spiro atoms. The van der Waals surface area contributed by atoms with Crippen LogP contribution in [0.3, 0.4) is 0 Å². The van der Waals surface area contributed by atoms with Crippen molar-refractivity contribution in [3.63, 3.8) is 0 Å². The van der Waals surface area contributed by atoms with Crippen LogP contribution < -0.4 is 10.0 Å². The minimum atomic E-state index is -3.08. The SMILES string of the molecule is CC(C)S(=O)(=O)NC1C2CNCC1C2. The Balaban J connectivity index is 1.99. The van der Waals surface area contributed by atoms with Gasteiger partial charge in [0.25, 0.3) is 0 Å². The number of hydrogen-bond acceptors (Lipinski definition) is 3. The lowest BCUT2D eigenvalue weighted by molar-refractivity contribution is 0.0833. The van der Waals surface area contributed by atoms with Crippen molar-refractivity contribution in [2.24, 2.45) is 11.8 Å². The van der Waals surface area contributed by atoms with Crippen LogP contribution >= 0.6 is 0 Å². The largest absolute Gasteiger partial charge is 0.316 e. The van der Waals surface area contributed by atoms with Crippen LogP contribution in [-0.2, 0) is 10.0 Å². The lowest BCUT2D eigenvalue weighted by Crippen LogP contribution is -2.63. The van der Waals surface area contributed by atoms with Gasteiger partial charge in [0.2, 0.25) is 10.0 Å². The van der Waals surface area contributed by atoms with Gasteiger partial charge in [0.05, 0.1) is 5.25 Å².